The summed E-state index contributed by atoms with van der Waals surface area (Å²) in [6.45, 7) is 2.97. The number of aryl methyl sites for hydroxylation is 2. The van der Waals surface area contributed by atoms with Gasteiger partial charge in [0.1, 0.15) is 11.5 Å². The SMILES string of the molecule is Cc1cc(C[C@@H]2COC[C@@H]2NC(=O)c2cc(-c3ccccc3)nn2C)on1. The molecule has 3 heterocycles. The molecule has 2 atom stereocenters. The van der Waals surface area contributed by atoms with Crippen molar-refractivity contribution in [2.75, 3.05) is 13.2 Å². The number of hydrogen-bond donors (Lipinski definition) is 1. The quantitative estimate of drug-likeness (QED) is 0.750. The summed E-state index contributed by atoms with van der Waals surface area (Å²) in [7, 11) is 1.78. The minimum Gasteiger partial charge on any atom is -0.379 e. The number of rotatable bonds is 5. The topological polar surface area (TPSA) is 82.2 Å². The monoisotopic (exact) mass is 366 g/mol. The smallest absolute Gasteiger partial charge is 0.269 e. The molecule has 27 heavy (non-hydrogen) atoms. The van der Waals surface area contributed by atoms with Crippen molar-refractivity contribution in [3.05, 3.63) is 59.6 Å². The molecule has 7 heteroatoms. The largest absolute Gasteiger partial charge is 0.379 e. The molecule has 0 radical (unpaired) electrons. The van der Waals surface area contributed by atoms with Crippen molar-refractivity contribution >= 4 is 5.91 Å². The van der Waals surface area contributed by atoms with Gasteiger partial charge in [-0.25, -0.2) is 0 Å². The molecule has 1 N–H and O–H groups in total. The van der Waals surface area contributed by atoms with Crippen molar-refractivity contribution in [3.63, 3.8) is 0 Å². The number of carbonyl (C=O) groups is 1. The van der Waals surface area contributed by atoms with Crippen LogP contribution in [0.1, 0.15) is 21.9 Å². The van der Waals surface area contributed by atoms with Crippen LogP contribution in [0, 0.1) is 12.8 Å². The lowest BCUT2D eigenvalue weighted by Gasteiger charge is -2.17. The van der Waals surface area contributed by atoms with Crippen LogP contribution in [0.25, 0.3) is 11.3 Å². The lowest BCUT2D eigenvalue weighted by molar-refractivity contribution is 0.0915. The van der Waals surface area contributed by atoms with Gasteiger partial charge in [-0.05, 0) is 13.0 Å². The summed E-state index contributed by atoms with van der Waals surface area (Å²) >= 11 is 0. The van der Waals surface area contributed by atoms with E-state index in [2.05, 4.69) is 15.6 Å². The van der Waals surface area contributed by atoms with Crippen LogP contribution in [-0.4, -0.2) is 40.1 Å². The normalized spacial score (nSPS) is 19.3. The summed E-state index contributed by atoms with van der Waals surface area (Å²) in [6, 6.07) is 13.5. The lowest BCUT2D eigenvalue weighted by atomic mass is 9.98. The van der Waals surface area contributed by atoms with E-state index in [0.717, 1.165) is 22.7 Å². The highest BCUT2D eigenvalue weighted by Gasteiger charge is 2.31. The van der Waals surface area contributed by atoms with Crippen molar-refractivity contribution in [3.8, 4) is 11.3 Å². The number of nitrogens with zero attached hydrogens (tertiary/aromatic N) is 3. The zero-order valence-electron chi connectivity index (χ0n) is 15.4. The highest BCUT2D eigenvalue weighted by Crippen LogP contribution is 2.22. The Morgan fingerprint density at radius 3 is 2.81 bits per heavy atom. The number of aromatic nitrogens is 3. The van der Waals surface area contributed by atoms with Gasteiger partial charge in [-0.2, -0.15) is 5.10 Å². The first-order valence-corrected chi connectivity index (χ1v) is 9.00. The average molecular weight is 366 g/mol. The molecule has 2 aromatic heterocycles. The van der Waals surface area contributed by atoms with Crippen molar-refractivity contribution in [2.24, 2.45) is 13.0 Å². The van der Waals surface area contributed by atoms with E-state index in [1.165, 1.54) is 0 Å². The van der Waals surface area contributed by atoms with Crippen LogP contribution >= 0.6 is 0 Å². The molecular formula is C20H22N4O3. The first-order chi connectivity index (χ1) is 13.1. The van der Waals surface area contributed by atoms with Crippen LogP contribution in [0.4, 0.5) is 0 Å². The van der Waals surface area contributed by atoms with Crippen LogP contribution < -0.4 is 5.32 Å². The van der Waals surface area contributed by atoms with Gasteiger partial charge in [0.2, 0.25) is 0 Å². The van der Waals surface area contributed by atoms with Crippen molar-refractivity contribution < 1.29 is 14.1 Å². The van der Waals surface area contributed by atoms with E-state index in [1.807, 2.05) is 49.4 Å². The molecule has 4 rings (SSSR count). The van der Waals surface area contributed by atoms with E-state index < -0.39 is 0 Å². The summed E-state index contributed by atoms with van der Waals surface area (Å²) < 4.78 is 12.5. The van der Waals surface area contributed by atoms with Crippen LogP contribution in [0.15, 0.2) is 47.0 Å². The van der Waals surface area contributed by atoms with E-state index in [-0.39, 0.29) is 17.9 Å². The van der Waals surface area contributed by atoms with E-state index in [4.69, 9.17) is 9.26 Å². The third-order valence-corrected chi connectivity index (χ3v) is 4.84. The Morgan fingerprint density at radius 1 is 1.26 bits per heavy atom. The van der Waals surface area contributed by atoms with Crippen LogP contribution in [-0.2, 0) is 18.2 Å². The van der Waals surface area contributed by atoms with Crippen LogP contribution in [0.3, 0.4) is 0 Å². The molecular weight excluding hydrogens is 344 g/mol. The summed E-state index contributed by atoms with van der Waals surface area (Å²) in [6.07, 6.45) is 0.687. The highest BCUT2D eigenvalue weighted by molar-refractivity contribution is 5.94. The van der Waals surface area contributed by atoms with Gasteiger partial charge in [0, 0.05) is 31.0 Å². The van der Waals surface area contributed by atoms with Crippen LogP contribution in [0.5, 0.6) is 0 Å². The number of amides is 1. The second-order valence-electron chi connectivity index (χ2n) is 6.92. The van der Waals surface area contributed by atoms with Crippen molar-refractivity contribution in [1.29, 1.82) is 0 Å². The van der Waals surface area contributed by atoms with Crippen molar-refractivity contribution in [1.82, 2.24) is 20.3 Å². The maximum absolute atomic E-state index is 12.8. The Bertz CT molecular complexity index is 932. The first-order valence-electron chi connectivity index (χ1n) is 9.00. The van der Waals surface area contributed by atoms with Gasteiger partial charge in [0.25, 0.3) is 5.91 Å². The Labute approximate surface area is 157 Å². The zero-order chi connectivity index (χ0) is 18.8. The van der Waals surface area contributed by atoms with E-state index >= 15 is 0 Å². The molecule has 0 unspecified atom stereocenters. The number of carbonyl (C=O) groups excluding carboxylic acids is 1. The molecule has 140 valence electrons. The van der Waals surface area contributed by atoms with Gasteiger partial charge in [-0.3, -0.25) is 9.48 Å². The van der Waals surface area contributed by atoms with Crippen LogP contribution in [0.2, 0.25) is 0 Å². The molecule has 1 amide bonds. The summed E-state index contributed by atoms with van der Waals surface area (Å²) in [4.78, 5) is 12.8. The predicted molar refractivity (Wildman–Crippen MR) is 99.2 cm³/mol. The lowest BCUT2D eigenvalue weighted by Crippen LogP contribution is -2.41. The summed E-state index contributed by atoms with van der Waals surface area (Å²) in [5.74, 6) is 0.818. The standard InChI is InChI=1S/C20H22N4O3/c1-13-8-16(27-23-13)9-15-11-26-12-18(15)21-20(25)19-10-17(22-24(19)2)14-6-4-3-5-7-14/h3-8,10,15,18H,9,11-12H2,1-2H3,(H,21,25)/t15-,18+/m1/s1. The van der Waals surface area contributed by atoms with Crippen molar-refractivity contribution in [2.45, 2.75) is 19.4 Å². The van der Waals surface area contributed by atoms with E-state index in [1.54, 1.807) is 11.7 Å². The zero-order valence-corrected chi connectivity index (χ0v) is 15.4. The molecule has 1 fully saturated rings. The molecule has 7 nitrogen and oxygen atoms in total. The van der Waals surface area contributed by atoms with Gasteiger partial charge in [0.05, 0.1) is 30.6 Å². The Kier molecular flexibility index (Phi) is 4.77. The Hall–Kier alpha value is -2.93. The van der Waals surface area contributed by atoms with Gasteiger partial charge < -0.3 is 14.6 Å². The van der Waals surface area contributed by atoms with E-state index in [0.29, 0.717) is 25.3 Å². The fraction of sp³-hybridized carbons (Fsp3) is 0.350. The maximum atomic E-state index is 12.8. The summed E-state index contributed by atoms with van der Waals surface area (Å²) in [5.41, 5.74) is 3.14. The predicted octanol–water partition coefficient (Wildman–Crippen LogP) is 2.37. The molecule has 1 saturated heterocycles. The minimum absolute atomic E-state index is 0.0713. The van der Waals surface area contributed by atoms with Gasteiger partial charge in [-0.1, -0.05) is 35.5 Å². The van der Waals surface area contributed by atoms with Gasteiger partial charge in [-0.15, -0.1) is 0 Å². The molecule has 0 bridgehead atoms. The Morgan fingerprint density at radius 2 is 2.07 bits per heavy atom. The second kappa shape index (κ2) is 7.36. The molecule has 0 spiro atoms. The number of benzene rings is 1. The first kappa shape index (κ1) is 17.5. The van der Waals surface area contributed by atoms with Gasteiger partial charge in [0.15, 0.2) is 0 Å². The summed E-state index contributed by atoms with van der Waals surface area (Å²) in [5, 5.41) is 11.5. The maximum Gasteiger partial charge on any atom is 0.269 e. The number of nitrogens with one attached hydrogen (secondary N) is 1. The highest BCUT2D eigenvalue weighted by atomic mass is 16.5. The number of ether oxygens (including phenoxy) is 1. The second-order valence-corrected chi connectivity index (χ2v) is 6.92. The number of hydrogen-bond acceptors (Lipinski definition) is 5. The fourth-order valence-electron chi connectivity index (χ4n) is 3.40. The Balaban J connectivity index is 1.46. The minimum atomic E-state index is -0.151. The molecule has 1 aliphatic rings. The molecule has 1 aliphatic heterocycles. The fourth-order valence-corrected chi connectivity index (χ4v) is 3.40. The molecule has 0 saturated carbocycles. The van der Waals surface area contributed by atoms with Gasteiger partial charge >= 0.3 is 0 Å². The third-order valence-electron chi connectivity index (χ3n) is 4.84. The molecule has 0 aliphatic carbocycles. The van der Waals surface area contributed by atoms with E-state index in [9.17, 15) is 4.79 Å². The third kappa shape index (κ3) is 3.78. The molecule has 3 aromatic rings. The average Bonchev–Trinajstić information content (AvgIpc) is 3.37. The molecule has 1 aromatic carbocycles.